The molecule has 0 fully saturated rings. The van der Waals surface area contributed by atoms with Crippen molar-refractivity contribution < 1.29 is 28.7 Å². The highest BCUT2D eigenvalue weighted by Gasteiger charge is 2.37. The van der Waals surface area contributed by atoms with Gasteiger partial charge in [0.2, 0.25) is 0 Å². The van der Waals surface area contributed by atoms with Crippen LogP contribution in [0, 0.1) is 5.21 Å². The van der Waals surface area contributed by atoms with E-state index in [-0.39, 0.29) is 12.0 Å². The van der Waals surface area contributed by atoms with Gasteiger partial charge in [-0.25, -0.2) is 5.21 Å². The lowest BCUT2D eigenvalue weighted by Crippen LogP contribution is -2.99. The van der Waals surface area contributed by atoms with E-state index in [1.807, 2.05) is 0 Å². The van der Waals surface area contributed by atoms with Crippen molar-refractivity contribution in [1.29, 1.82) is 0 Å². The van der Waals surface area contributed by atoms with Gasteiger partial charge in [-0.3, -0.25) is 0 Å². The van der Waals surface area contributed by atoms with Gasteiger partial charge in [-0.15, -0.1) is 0 Å². The predicted molar refractivity (Wildman–Crippen MR) is 57.4 cm³/mol. The fourth-order valence-electron chi connectivity index (χ4n) is 1.51. The summed E-state index contributed by atoms with van der Waals surface area (Å²) in [6, 6.07) is 1.26. The molecule has 0 bridgehead atoms. The van der Waals surface area contributed by atoms with Gasteiger partial charge in [0.05, 0.1) is 0 Å². The van der Waals surface area contributed by atoms with Gasteiger partial charge in [0.1, 0.15) is 11.3 Å². The summed E-state index contributed by atoms with van der Waals surface area (Å²) in [6.45, 7) is 5.18. The summed E-state index contributed by atoms with van der Waals surface area (Å²) in [5, 5.41) is 27.4. The molecule has 0 aliphatic heterocycles. The van der Waals surface area contributed by atoms with Crippen LogP contribution in [0.2, 0.25) is 0 Å². The number of benzene rings is 1. The quantitative estimate of drug-likeness (QED) is 0.443. The Hall–Kier alpha value is -1.57. The lowest BCUT2D eigenvalue weighted by atomic mass is 10.0. The fraction of sp³-hybridized carbons (Fsp3) is 0.273. The van der Waals surface area contributed by atoms with Gasteiger partial charge >= 0.3 is 6.18 Å². The molecule has 1 unspecified atom stereocenters. The van der Waals surface area contributed by atoms with E-state index in [1.54, 1.807) is 6.92 Å². The number of hydrogen-bond donors (Lipinski definition) is 3. The number of alkyl halides is 3. The molecule has 100 valence electrons. The van der Waals surface area contributed by atoms with Gasteiger partial charge in [0.15, 0.2) is 5.69 Å². The van der Waals surface area contributed by atoms with Crippen molar-refractivity contribution >= 4 is 5.69 Å². The third-order valence-corrected chi connectivity index (χ3v) is 2.25. The monoisotopic (exact) mass is 263 g/mol. The SMILES string of the molecule is C=C(C)Cc1cc([NH+]([O-])O)c(C(F)(F)F)cc1O. The summed E-state index contributed by atoms with van der Waals surface area (Å²) >= 11 is 0. The average Bonchev–Trinajstić information content (AvgIpc) is 2.17. The molecule has 7 heteroatoms. The number of nitrogens with one attached hydrogen (secondary N) is 1. The first kappa shape index (κ1) is 14.5. The highest BCUT2D eigenvalue weighted by Crippen LogP contribution is 2.37. The second-order valence-corrected chi connectivity index (χ2v) is 3.96. The predicted octanol–water partition coefficient (Wildman–Crippen LogP) is 1.93. The zero-order valence-electron chi connectivity index (χ0n) is 9.51. The number of quaternary nitrogens is 1. The fourth-order valence-corrected chi connectivity index (χ4v) is 1.51. The standard InChI is InChI=1S/C11H12F3NO3/c1-6(2)3-7-4-9(15(17)18)8(5-10(7)16)11(12,13)14/h4-5,15-17H,1,3H2,2H3. The highest BCUT2D eigenvalue weighted by atomic mass is 19.4. The van der Waals surface area contributed by atoms with Crippen LogP contribution in [0.3, 0.4) is 0 Å². The van der Waals surface area contributed by atoms with Crippen molar-refractivity contribution in [2.45, 2.75) is 19.5 Å². The first-order valence-corrected chi connectivity index (χ1v) is 4.93. The van der Waals surface area contributed by atoms with E-state index in [9.17, 15) is 23.5 Å². The van der Waals surface area contributed by atoms with Gasteiger partial charge < -0.3 is 10.3 Å². The average molecular weight is 263 g/mol. The van der Waals surface area contributed by atoms with E-state index in [0.29, 0.717) is 11.6 Å². The maximum atomic E-state index is 12.6. The Kier molecular flexibility index (Phi) is 4.00. The molecule has 0 aliphatic carbocycles. The van der Waals surface area contributed by atoms with Crippen LogP contribution in [0.25, 0.3) is 0 Å². The number of phenols is 1. The van der Waals surface area contributed by atoms with E-state index in [0.717, 1.165) is 6.07 Å². The van der Waals surface area contributed by atoms with Crippen LogP contribution in [-0.2, 0) is 12.6 Å². The number of allylic oxidation sites excluding steroid dienone is 1. The van der Waals surface area contributed by atoms with Crippen LogP contribution in [0.5, 0.6) is 5.75 Å². The van der Waals surface area contributed by atoms with Crippen molar-refractivity contribution in [3.63, 3.8) is 0 Å². The summed E-state index contributed by atoms with van der Waals surface area (Å²) in [5.74, 6) is -0.588. The number of hydrogen-bond acceptors (Lipinski definition) is 3. The first-order chi connectivity index (χ1) is 8.12. The third-order valence-electron chi connectivity index (χ3n) is 2.25. The summed E-state index contributed by atoms with van der Waals surface area (Å²) in [4.78, 5) is 0. The van der Waals surface area contributed by atoms with E-state index in [4.69, 9.17) is 5.21 Å². The molecule has 0 saturated heterocycles. The second-order valence-electron chi connectivity index (χ2n) is 3.96. The molecular formula is C11H12F3NO3. The smallest absolute Gasteiger partial charge is 0.422 e. The van der Waals surface area contributed by atoms with E-state index < -0.39 is 28.4 Å². The molecule has 1 aromatic carbocycles. The van der Waals surface area contributed by atoms with Crippen molar-refractivity contribution in [3.8, 4) is 5.75 Å². The molecule has 0 spiro atoms. The minimum Gasteiger partial charge on any atom is -0.595 e. The Morgan fingerprint density at radius 2 is 2.00 bits per heavy atom. The van der Waals surface area contributed by atoms with E-state index in [1.165, 1.54) is 0 Å². The number of halogens is 3. The van der Waals surface area contributed by atoms with Crippen LogP contribution in [0.15, 0.2) is 24.3 Å². The molecule has 0 amide bonds. The molecule has 0 aromatic heterocycles. The summed E-state index contributed by atoms with van der Waals surface area (Å²) in [5.41, 5.74) is -1.54. The molecule has 1 rings (SSSR count). The maximum Gasteiger partial charge on any atom is 0.422 e. The van der Waals surface area contributed by atoms with Crippen molar-refractivity contribution in [3.05, 3.63) is 40.6 Å². The Balaban J connectivity index is 3.39. The molecule has 0 aliphatic rings. The zero-order chi connectivity index (χ0) is 14.1. The summed E-state index contributed by atoms with van der Waals surface area (Å²) in [7, 11) is 0. The minimum atomic E-state index is -4.83. The van der Waals surface area contributed by atoms with Gasteiger partial charge in [0.25, 0.3) is 0 Å². The lowest BCUT2D eigenvalue weighted by molar-refractivity contribution is -0.991. The minimum absolute atomic E-state index is 0.105. The van der Waals surface area contributed by atoms with Gasteiger partial charge in [0, 0.05) is 11.6 Å². The first-order valence-electron chi connectivity index (χ1n) is 4.93. The molecule has 1 atom stereocenters. The van der Waals surface area contributed by atoms with Crippen LogP contribution in [0.1, 0.15) is 18.1 Å². The lowest BCUT2D eigenvalue weighted by Gasteiger charge is -2.19. The third kappa shape index (κ3) is 3.22. The van der Waals surface area contributed by atoms with Crippen molar-refractivity contribution in [2.24, 2.45) is 0 Å². The number of rotatable bonds is 3. The second kappa shape index (κ2) is 4.97. The number of aromatic hydroxyl groups is 1. The van der Waals surface area contributed by atoms with Crippen LogP contribution in [-0.4, -0.2) is 10.3 Å². The molecule has 0 radical (unpaired) electrons. The van der Waals surface area contributed by atoms with Gasteiger partial charge in [-0.2, -0.15) is 18.4 Å². The van der Waals surface area contributed by atoms with Crippen molar-refractivity contribution in [2.75, 3.05) is 0 Å². The van der Waals surface area contributed by atoms with E-state index >= 15 is 0 Å². The Morgan fingerprint density at radius 1 is 1.44 bits per heavy atom. The van der Waals surface area contributed by atoms with Crippen LogP contribution >= 0.6 is 0 Å². The van der Waals surface area contributed by atoms with Crippen LogP contribution < -0.4 is 5.23 Å². The Morgan fingerprint density at radius 3 is 2.39 bits per heavy atom. The van der Waals surface area contributed by atoms with Gasteiger partial charge in [-0.05, 0) is 19.4 Å². The topological polar surface area (TPSA) is 68.0 Å². The maximum absolute atomic E-state index is 12.6. The summed E-state index contributed by atoms with van der Waals surface area (Å²) in [6.07, 6.45) is -4.71. The Labute approximate surface area is 101 Å². The van der Waals surface area contributed by atoms with Gasteiger partial charge in [-0.1, -0.05) is 12.2 Å². The molecular weight excluding hydrogens is 251 g/mol. The van der Waals surface area contributed by atoms with E-state index in [2.05, 4.69) is 6.58 Å². The molecule has 0 saturated carbocycles. The molecule has 0 heterocycles. The molecule has 18 heavy (non-hydrogen) atoms. The zero-order valence-corrected chi connectivity index (χ0v) is 9.51. The van der Waals surface area contributed by atoms with Crippen LogP contribution in [0.4, 0.5) is 18.9 Å². The molecule has 4 nitrogen and oxygen atoms in total. The van der Waals surface area contributed by atoms with Crippen molar-refractivity contribution in [1.82, 2.24) is 0 Å². The molecule has 3 N–H and O–H groups in total. The normalized spacial score (nSPS) is 13.4. The highest BCUT2D eigenvalue weighted by molar-refractivity contribution is 5.51. The largest absolute Gasteiger partial charge is 0.595 e. The summed E-state index contributed by atoms with van der Waals surface area (Å²) < 4.78 is 37.8. The number of phenolic OH excluding ortho intramolecular Hbond substituents is 1. The molecule has 1 aromatic rings. The Bertz CT molecular complexity index is 469.